The quantitative estimate of drug-likeness (QED) is 0.893. The maximum Gasteiger partial charge on any atom is 0.271 e. The summed E-state index contributed by atoms with van der Waals surface area (Å²) in [7, 11) is 0. The molecule has 110 valence electrons. The third-order valence-electron chi connectivity index (χ3n) is 3.36. The lowest BCUT2D eigenvalue weighted by molar-refractivity contribution is 0.0944. The molecule has 0 aromatic carbocycles. The number of halogens is 1. The normalized spacial score (nSPS) is 18.5. The second kappa shape index (κ2) is 7.13. The summed E-state index contributed by atoms with van der Waals surface area (Å²) in [6, 6.07) is 0. The number of hydrogen-bond acceptors (Lipinski definition) is 4. The zero-order chi connectivity index (χ0) is 14.5. The van der Waals surface area contributed by atoms with Crippen LogP contribution in [0, 0.1) is 5.92 Å². The zero-order valence-corrected chi connectivity index (χ0v) is 13.4. The lowest BCUT2D eigenvalue weighted by Crippen LogP contribution is -2.27. The maximum absolute atomic E-state index is 12.2. The predicted octanol–water partition coefficient (Wildman–Crippen LogP) is 2.52. The highest BCUT2D eigenvalue weighted by atomic mass is 79.9. The van der Waals surface area contributed by atoms with Gasteiger partial charge in [-0.1, -0.05) is 13.8 Å². The third kappa shape index (κ3) is 3.99. The Morgan fingerprint density at radius 2 is 2.40 bits per heavy atom. The van der Waals surface area contributed by atoms with Gasteiger partial charge in [0.1, 0.15) is 11.5 Å². The van der Waals surface area contributed by atoms with Crippen LogP contribution in [0.1, 0.15) is 48.9 Å². The van der Waals surface area contributed by atoms with Crippen molar-refractivity contribution in [1.29, 1.82) is 0 Å². The molecule has 5 nitrogen and oxygen atoms in total. The highest BCUT2D eigenvalue weighted by Gasteiger charge is 2.17. The van der Waals surface area contributed by atoms with E-state index in [1.54, 1.807) is 6.20 Å². The van der Waals surface area contributed by atoms with E-state index in [1.165, 1.54) is 0 Å². The van der Waals surface area contributed by atoms with Crippen LogP contribution in [-0.4, -0.2) is 35.6 Å². The summed E-state index contributed by atoms with van der Waals surface area (Å²) in [5, 5.41) is 2.92. The minimum atomic E-state index is -0.153. The van der Waals surface area contributed by atoms with Gasteiger partial charge in [0.2, 0.25) is 0 Å². The Morgan fingerprint density at radius 3 is 3.05 bits per heavy atom. The lowest BCUT2D eigenvalue weighted by atomic mass is 10.1. The average Bonchev–Trinajstić information content (AvgIpc) is 2.92. The molecule has 1 aliphatic heterocycles. The number of rotatable bonds is 5. The first-order valence-corrected chi connectivity index (χ1v) is 7.75. The molecule has 1 amide bonds. The van der Waals surface area contributed by atoms with Crippen LogP contribution in [0.4, 0.5) is 0 Å². The van der Waals surface area contributed by atoms with Crippen molar-refractivity contribution in [3.63, 3.8) is 0 Å². The van der Waals surface area contributed by atoms with Crippen LogP contribution in [0.5, 0.6) is 0 Å². The van der Waals surface area contributed by atoms with E-state index >= 15 is 0 Å². The van der Waals surface area contributed by atoms with Crippen molar-refractivity contribution in [2.75, 3.05) is 19.8 Å². The standard InChI is InChI=1S/C14H20BrN3O2/c1-9(2)13-17-7-11(15)12(18-13)14(19)16-5-3-10-4-6-20-8-10/h7,9-10H,3-6,8H2,1-2H3,(H,16,19). The summed E-state index contributed by atoms with van der Waals surface area (Å²) in [5.74, 6) is 1.29. The van der Waals surface area contributed by atoms with Gasteiger partial charge in [0, 0.05) is 31.9 Å². The molecular formula is C14H20BrN3O2. The fourth-order valence-electron chi connectivity index (χ4n) is 2.10. The summed E-state index contributed by atoms with van der Waals surface area (Å²) in [4.78, 5) is 20.7. The predicted molar refractivity (Wildman–Crippen MR) is 79.7 cm³/mol. The van der Waals surface area contributed by atoms with Gasteiger partial charge in [-0.15, -0.1) is 0 Å². The Hall–Kier alpha value is -1.01. The summed E-state index contributed by atoms with van der Waals surface area (Å²) >= 11 is 3.33. The number of carbonyl (C=O) groups excluding carboxylic acids is 1. The van der Waals surface area contributed by atoms with Gasteiger partial charge in [0.25, 0.3) is 5.91 Å². The molecule has 1 fully saturated rings. The maximum atomic E-state index is 12.2. The average molecular weight is 342 g/mol. The van der Waals surface area contributed by atoms with Gasteiger partial charge in [-0.05, 0) is 34.7 Å². The number of nitrogens with zero attached hydrogens (tertiary/aromatic N) is 2. The Labute approximate surface area is 127 Å². The first kappa shape index (κ1) is 15.4. The van der Waals surface area contributed by atoms with Crippen LogP contribution in [0.2, 0.25) is 0 Å². The summed E-state index contributed by atoms with van der Waals surface area (Å²) in [6.07, 6.45) is 3.68. The number of hydrogen-bond donors (Lipinski definition) is 1. The molecule has 1 aliphatic rings. The van der Waals surface area contributed by atoms with Crippen LogP contribution >= 0.6 is 15.9 Å². The first-order chi connectivity index (χ1) is 9.58. The van der Waals surface area contributed by atoms with E-state index in [2.05, 4.69) is 31.2 Å². The second-order valence-electron chi connectivity index (χ2n) is 5.35. The highest BCUT2D eigenvalue weighted by molar-refractivity contribution is 9.10. The molecule has 1 N–H and O–H groups in total. The molecule has 1 saturated heterocycles. The highest BCUT2D eigenvalue weighted by Crippen LogP contribution is 2.18. The van der Waals surface area contributed by atoms with Crippen molar-refractivity contribution in [3.8, 4) is 0 Å². The van der Waals surface area contributed by atoms with E-state index in [-0.39, 0.29) is 11.8 Å². The molecule has 6 heteroatoms. The van der Waals surface area contributed by atoms with Crippen molar-refractivity contribution in [2.24, 2.45) is 5.92 Å². The molecular weight excluding hydrogens is 322 g/mol. The molecule has 1 aromatic rings. The largest absolute Gasteiger partial charge is 0.381 e. The first-order valence-electron chi connectivity index (χ1n) is 6.96. The smallest absolute Gasteiger partial charge is 0.271 e. The SMILES string of the molecule is CC(C)c1ncc(Br)c(C(=O)NCCC2CCOC2)n1. The molecule has 1 aromatic heterocycles. The van der Waals surface area contributed by atoms with Gasteiger partial charge in [-0.3, -0.25) is 4.79 Å². The minimum Gasteiger partial charge on any atom is -0.381 e. The van der Waals surface area contributed by atoms with Crippen molar-refractivity contribution < 1.29 is 9.53 Å². The van der Waals surface area contributed by atoms with E-state index in [0.717, 1.165) is 26.1 Å². The summed E-state index contributed by atoms with van der Waals surface area (Å²) < 4.78 is 5.95. The Bertz CT molecular complexity index is 473. The number of carbonyl (C=O) groups is 1. The molecule has 0 aliphatic carbocycles. The van der Waals surface area contributed by atoms with E-state index < -0.39 is 0 Å². The molecule has 2 rings (SSSR count). The minimum absolute atomic E-state index is 0.153. The van der Waals surface area contributed by atoms with Crippen LogP contribution in [-0.2, 0) is 4.74 Å². The van der Waals surface area contributed by atoms with Crippen molar-refractivity contribution in [2.45, 2.75) is 32.6 Å². The van der Waals surface area contributed by atoms with Crippen LogP contribution in [0.25, 0.3) is 0 Å². The van der Waals surface area contributed by atoms with Gasteiger partial charge >= 0.3 is 0 Å². The van der Waals surface area contributed by atoms with Gasteiger partial charge in [-0.2, -0.15) is 0 Å². The Kier molecular flexibility index (Phi) is 5.48. The van der Waals surface area contributed by atoms with Crippen molar-refractivity contribution in [1.82, 2.24) is 15.3 Å². The number of ether oxygens (including phenoxy) is 1. The van der Waals surface area contributed by atoms with Crippen LogP contribution in [0.3, 0.4) is 0 Å². The molecule has 0 radical (unpaired) electrons. The summed E-state index contributed by atoms with van der Waals surface area (Å²) in [5.41, 5.74) is 0.409. The zero-order valence-electron chi connectivity index (χ0n) is 11.9. The molecule has 2 heterocycles. The number of nitrogens with one attached hydrogen (secondary N) is 1. The van der Waals surface area contributed by atoms with Crippen LogP contribution in [0.15, 0.2) is 10.7 Å². The van der Waals surface area contributed by atoms with E-state index in [1.807, 2.05) is 13.8 Å². The fraction of sp³-hybridized carbons (Fsp3) is 0.643. The number of aromatic nitrogens is 2. The van der Waals surface area contributed by atoms with E-state index in [4.69, 9.17) is 4.74 Å². The Balaban J connectivity index is 1.92. The third-order valence-corrected chi connectivity index (χ3v) is 3.94. The molecule has 0 spiro atoms. The van der Waals surface area contributed by atoms with E-state index in [0.29, 0.717) is 28.5 Å². The van der Waals surface area contributed by atoms with Crippen molar-refractivity contribution in [3.05, 3.63) is 22.2 Å². The Morgan fingerprint density at radius 1 is 1.60 bits per heavy atom. The molecule has 1 unspecified atom stereocenters. The van der Waals surface area contributed by atoms with Gasteiger partial charge < -0.3 is 10.1 Å². The summed E-state index contributed by atoms with van der Waals surface area (Å²) in [6.45, 7) is 6.31. The lowest BCUT2D eigenvalue weighted by Gasteiger charge is -2.10. The molecule has 0 saturated carbocycles. The van der Waals surface area contributed by atoms with Gasteiger partial charge in [0.15, 0.2) is 0 Å². The second-order valence-corrected chi connectivity index (χ2v) is 6.21. The van der Waals surface area contributed by atoms with Gasteiger partial charge in [0.05, 0.1) is 4.47 Å². The monoisotopic (exact) mass is 341 g/mol. The van der Waals surface area contributed by atoms with Crippen LogP contribution < -0.4 is 5.32 Å². The molecule has 20 heavy (non-hydrogen) atoms. The molecule has 0 bridgehead atoms. The van der Waals surface area contributed by atoms with E-state index in [9.17, 15) is 4.79 Å². The molecule has 1 atom stereocenters. The topological polar surface area (TPSA) is 64.1 Å². The van der Waals surface area contributed by atoms with Crippen molar-refractivity contribution >= 4 is 21.8 Å². The van der Waals surface area contributed by atoms with Gasteiger partial charge in [-0.25, -0.2) is 9.97 Å². The number of amides is 1. The fourth-order valence-corrected chi connectivity index (χ4v) is 2.47.